The predicted molar refractivity (Wildman–Crippen MR) is 120 cm³/mol. The van der Waals surface area contributed by atoms with Crippen molar-refractivity contribution in [2.75, 3.05) is 12.4 Å². The molecule has 0 saturated heterocycles. The van der Waals surface area contributed by atoms with Crippen LogP contribution in [0.1, 0.15) is 48.6 Å². The van der Waals surface area contributed by atoms with E-state index in [4.69, 9.17) is 10.5 Å². The van der Waals surface area contributed by atoms with Crippen LogP contribution in [0.2, 0.25) is 0 Å². The normalized spacial score (nSPS) is 11.1. The highest BCUT2D eigenvalue weighted by Gasteiger charge is 2.16. The number of amides is 2. The van der Waals surface area contributed by atoms with Crippen LogP contribution in [-0.4, -0.2) is 23.5 Å². The number of aryl methyl sites for hydroxylation is 2. The van der Waals surface area contributed by atoms with E-state index in [9.17, 15) is 9.59 Å². The van der Waals surface area contributed by atoms with Crippen molar-refractivity contribution in [3.63, 3.8) is 0 Å². The maximum atomic E-state index is 12.1. The van der Waals surface area contributed by atoms with Gasteiger partial charge in [0.2, 0.25) is 11.8 Å². The summed E-state index contributed by atoms with van der Waals surface area (Å²) >= 11 is 0. The standard InChI is InChI=1S/C24H29N3O3/c1-14(2)18-11-17(7-9-21(18)30-5)13-27-16(4)10-19-20(8-6-15(3)24(19)27)26-23(29)12-22(25)28/h6-11,14H,12-13H2,1-5H3,(H2,25,28)(H,26,29). The molecule has 1 heterocycles. The molecule has 0 unspecified atom stereocenters. The minimum absolute atomic E-state index is 0.334. The molecule has 0 radical (unpaired) electrons. The zero-order valence-corrected chi connectivity index (χ0v) is 18.2. The van der Waals surface area contributed by atoms with Gasteiger partial charge in [-0.1, -0.05) is 32.0 Å². The molecule has 2 amide bonds. The van der Waals surface area contributed by atoms with Crippen molar-refractivity contribution in [2.24, 2.45) is 5.73 Å². The van der Waals surface area contributed by atoms with E-state index < -0.39 is 11.8 Å². The maximum Gasteiger partial charge on any atom is 0.233 e. The summed E-state index contributed by atoms with van der Waals surface area (Å²) in [6.07, 6.45) is -0.334. The number of nitrogens with two attached hydrogens (primary N) is 1. The van der Waals surface area contributed by atoms with E-state index in [-0.39, 0.29) is 6.42 Å². The fraction of sp³-hybridized carbons (Fsp3) is 0.333. The van der Waals surface area contributed by atoms with Crippen molar-refractivity contribution >= 4 is 28.4 Å². The first-order valence-corrected chi connectivity index (χ1v) is 10.1. The fourth-order valence-corrected chi connectivity index (χ4v) is 3.87. The van der Waals surface area contributed by atoms with Gasteiger partial charge in [-0.05, 0) is 54.7 Å². The van der Waals surface area contributed by atoms with Gasteiger partial charge in [0.1, 0.15) is 12.2 Å². The molecule has 0 spiro atoms. The number of aromatic nitrogens is 1. The van der Waals surface area contributed by atoms with Gasteiger partial charge in [0.05, 0.1) is 18.3 Å². The molecule has 0 fully saturated rings. The van der Waals surface area contributed by atoms with Crippen LogP contribution in [0.5, 0.6) is 5.75 Å². The van der Waals surface area contributed by atoms with Gasteiger partial charge < -0.3 is 20.4 Å². The van der Waals surface area contributed by atoms with Gasteiger partial charge in [-0.3, -0.25) is 9.59 Å². The Balaban J connectivity index is 2.02. The number of carbonyl (C=O) groups excluding carboxylic acids is 2. The molecule has 0 bridgehead atoms. The van der Waals surface area contributed by atoms with Gasteiger partial charge >= 0.3 is 0 Å². The third-order valence-corrected chi connectivity index (χ3v) is 5.33. The number of carbonyl (C=O) groups is 2. The SMILES string of the molecule is COc1ccc(Cn2c(C)cc3c(NC(=O)CC(N)=O)ccc(C)c32)cc1C(C)C. The number of anilines is 1. The van der Waals surface area contributed by atoms with Crippen LogP contribution in [0, 0.1) is 13.8 Å². The molecule has 3 rings (SSSR count). The minimum Gasteiger partial charge on any atom is -0.496 e. The summed E-state index contributed by atoms with van der Waals surface area (Å²) in [5.74, 6) is 0.203. The highest BCUT2D eigenvalue weighted by molar-refractivity contribution is 6.07. The second-order valence-corrected chi connectivity index (χ2v) is 7.99. The summed E-state index contributed by atoms with van der Waals surface area (Å²) in [5, 5.41) is 3.76. The number of nitrogens with zero attached hydrogens (tertiary/aromatic N) is 1. The summed E-state index contributed by atoms with van der Waals surface area (Å²) in [4.78, 5) is 23.1. The molecule has 0 aliphatic carbocycles. The van der Waals surface area contributed by atoms with Gasteiger partial charge in [-0.25, -0.2) is 0 Å². The Morgan fingerprint density at radius 1 is 1.13 bits per heavy atom. The zero-order valence-electron chi connectivity index (χ0n) is 18.2. The number of rotatable bonds is 7. The lowest BCUT2D eigenvalue weighted by Gasteiger charge is -2.16. The van der Waals surface area contributed by atoms with Crippen molar-refractivity contribution < 1.29 is 14.3 Å². The van der Waals surface area contributed by atoms with Crippen LogP contribution in [0.15, 0.2) is 36.4 Å². The number of fused-ring (bicyclic) bond motifs is 1. The van der Waals surface area contributed by atoms with Crippen molar-refractivity contribution in [1.29, 1.82) is 0 Å². The smallest absolute Gasteiger partial charge is 0.233 e. The number of hydrogen-bond acceptors (Lipinski definition) is 3. The first-order valence-electron chi connectivity index (χ1n) is 10.1. The van der Waals surface area contributed by atoms with Crippen LogP contribution >= 0.6 is 0 Å². The number of hydrogen-bond donors (Lipinski definition) is 2. The highest BCUT2D eigenvalue weighted by atomic mass is 16.5. The topological polar surface area (TPSA) is 86.3 Å². The summed E-state index contributed by atoms with van der Waals surface area (Å²) in [6.45, 7) is 9.13. The second kappa shape index (κ2) is 8.61. The van der Waals surface area contributed by atoms with E-state index >= 15 is 0 Å². The zero-order chi connectivity index (χ0) is 22.0. The Morgan fingerprint density at radius 2 is 1.87 bits per heavy atom. The van der Waals surface area contributed by atoms with Crippen LogP contribution in [0.4, 0.5) is 5.69 Å². The number of methoxy groups -OCH3 is 1. The van der Waals surface area contributed by atoms with Crippen LogP contribution in [0.3, 0.4) is 0 Å². The molecule has 6 nitrogen and oxygen atoms in total. The lowest BCUT2D eigenvalue weighted by atomic mass is 9.99. The summed E-state index contributed by atoms with van der Waals surface area (Å²) in [6, 6.07) is 12.2. The first kappa shape index (κ1) is 21.4. The predicted octanol–water partition coefficient (Wildman–Crippen LogP) is 4.25. The molecule has 2 aromatic carbocycles. The maximum absolute atomic E-state index is 12.1. The van der Waals surface area contributed by atoms with Crippen LogP contribution in [-0.2, 0) is 16.1 Å². The van der Waals surface area contributed by atoms with E-state index in [1.807, 2.05) is 18.2 Å². The molecule has 1 aromatic heterocycles. The Morgan fingerprint density at radius 3 is 2.50 bits per heavy atom. The molecular formula is C24H29N3O3. The third kappa shape index (κ3) is 4.32. The fourth-order valence-electron chi connectivity index (χ4n) is 3.87. The van der Waals surface area contributed by atoms with Gasteiger partial charge in [0.15, 0.2) is 0 Å². The average molecular weight is 408 g/mol. The first-order chi connectivity index (χ1) is 14.2. The van der Waals surface area contributed by atoms with E-state index in [0.29, 0.717) is 18.2 Å². The number of benzene rings is 2. The molecule has 3 aromatic rings. The van der Waals surface area contributed by atoms with Crippen LogP contribution < -0.4 is 15.8 Å². The number of ether oxygens (including phenoxy) is 1. The molecule has 3 N–H and O–H groups in total. The lowest BCUT2D eigenvalue weighted by molar-refractivity contribution is -0.124. The van der Waals surface area contributed by atoms with E-state index in [1.165, 1.54) is 11.1 Å². The number of nitrogens with one attached hydrogen (secondary N) is 1. The van der Waals surface area contributed by atoms with Gasteiger partial charge in [-0.2, -0.15) is 0 Å². The van der Waals surface area contributed by atoms with Gasteiger partial charge in [-0.15, -0.1) is 0 Å². The minimum atomic E-state index is -0.648. The van der Waals surface area contributed by atoms with E-state index in [2.05, 4.69) is 55.8 Å². The summed E-state index contributed by atoms with van der Waals surface area (Å²) in [7, 11) is 1.70. The van der Waals surface area contributed by atoms with Crippen LogP contribution in [0.25, 0.3) is 10.9 Å². The summed E-state index contributed by atoms with van der Waals surface area (Å²) < 4.78 is 7.76. The highest BCUT2D eigenvalue weighted by Crippen LogP contribution is 2.32. The molecule has 0 aliphatic rings. The monoisotopic (exact) mass is 407 g/mol. The lowest BCUT2D eigenvalue weighted by Crippen LogP contribution is -2.21. The van der Waals surface area contributed by atoms with Gasteiger partial charge in [0.25, 0.3) is 0 Å². The molecule has 30 heavy (non-hydrogen) atoms. The van der Waals surface area contributed by atoms with Crippen molar-refractivity contribution in [3.05, 3.63) is 58.8 Å². The quantitative estimate of drug-likeness (QED) is 0.574. The largest absolute Gasteiger partial charge is 0.496 e. The Hall–Kier alpha value is -3.28. The Kier molecular flexibility index (Phi) is 6.15. The van der Waals surface area contributed by atoms with Crippen molar-refractivity contribution in [3.8, 4) is 5.75 Å². The van der Waals surface area contributed by atoms with Gasteiger partial charge in [0, 0.05) is 17.6 Å². The molecule has 6 heteroatoms. The molecule has 0 atom stereocenters. The third-order valence-electron chi connectivity index (χ3n) is 5.33. The van der Waals surface area contributed by atoms with E-state index in [0.717, 1.165) is 27.9 Å². The van der Waals surface area contributed by atoms with E-state index in [1.54, 1.807) is 7.11 Å². The second-order valence-electron chi connectivity index (χ2n) is 7.99. The number of primary amides is 1. The average Bonchev–Trinajstić information content (AvgIpc) is 3.00. The Bertz CT molecular complexity index is 1110. The molecule has 0 saturated carbocycles. The summed E-state index contributed by atoms with van der Waals surface area (Å²) in [5.41, 5.74) is 11.4. The molecule has 158 valence electrons. The molecular weight excluding hydrogens is 378 g/mol. The Labute approximate surface area is 177 Å². The van der Waals surface area contributed by atoms with Crippen molar-refractivity contribution in [1.82, 2.24) is 4.57 Å². The van der Waals surface area contributed by atoms with Crippen molar-refractivity contribution in [2.45, 2.75) is 46.6 Å². The molecule has 0 aliphatic heterocycles.